The van der Waals surface area contributed by atoms with E-state index in [2.05, 4.69) is 96.1 Å². The Hall–Kier alpha value is -4.20. The SMILES string of the molecule is CC(C)(C)c1cc2c(-c3ccccc3C(F)(F)F)cccc2[cH-]1.CC(C)(C)c1cc2c(-c3ccccc3C(F)(F)F)cccc2[cH-]1.[Cl][Zr][Cl].[c-]1cccc2c1[Si]c1ccccc1-2. The molecule has 62 heavy (non-hydrogen) atoms. The van der Waals surface area contributed by atoms with E-state index in [-0.39, 0.29) is 22.0 Å². The molecule has 0 spiro atoms. The first-order valence-corrected chi connectivity index (χ1v) is 27.1. The summed E-state index contributed by atoms with van der Waals surface area (Å²) in [6.07, 6.45) is -8.73. The van der Waals surface area contributed by atoms with Crippen molar-refractivity contribution in [2.24, 2.45) is 0 Å². The summed E-state index contributed by atoms with van der Waals surface area (Å²) in [5.74, 6) is 0. The maximum absolute atomic E-state index is 13.3. The van der Waals surface area contributed by atoms with Crippen LogP contribution in [0.1, 0.15) is 63.8 Å². The molecule has 10 heteroatoms. The van der Waals surface area contributed by atoms with Crippen molar-refractivity contribution < 1.29 is 47.2 Å². The van der Waals surface area contributed by atoms with Crippen molar-refractivity contribution in [3.63, 3.8) is 0 Å². The van der Waals surface area contributed by atoms with E-state index in [0.29, 0.717) is 11.1 Å². The summed E-state index contributed by atoms with van der Waals surface area (Å²) in [7, 11) is 10.7. The van der Waals surface area contributed by atoms with Crippen LogP contribution < -0.4 is 10.4 Å². The van der Waals surface area contributed by atoms with Crippen LogP contribution in [0.3, 0.4) is 0 Å². The first-order chi connectivity index (χ1) is 29.2. The molecule has 0 saturated heterocycles. The van der Waals surface area contributed by atoms with E-state index in [0.717, 1.165) is 54.3 Å². The van der Waals surface area contributed by atoms with Crippen molar-refractivity contribution in [1.82, 2.24) is 0 Å². The van der Waals surface area contributed by atoms with Gasteiger partial charge in [-0.25, -0.2) is 0 Å². The predicted octanol–water partition coefficient (Wildman–Crippen LogP) is 15.6. The van der Waals surface area contributed by atoms with Crippen LogP contribution in [0.4, 0.5) is 26.3 Å². The van der Waals surface area contributed by atoms with Gasteiger partial charge in [0, 0.05) is 0 Å². The molecular weight excluding hydrogens is 929 g/mol. The van der Waals surface area contributed by atoms with Crippen LogP contribution in [0.25, 0.3) is 54.9 Å². The summed E-state index contributed by atoms with van der Waals surface area (Å²) >= 11 is -0.826. The summed E-state index contributed by atoms with van der Waals surface area (Å²) in [6.45, 7) is 12.6. The minimum Gasteiger partial charge on any atom is -0.184 e. The third-order valence-corrected chi connectivity index (χ3v) is 12.0. The van der Waals surface area contributed by atoms with Gasteiger partial charge in [-0.3, -0.25) is 0 Å². The van der Waals surface area contributed by atoms with Crippen LogP contribution >= 0.6 is 17.0 Å². The van der Waals surface area contributed by atoms with Crippen molar-refractivity contribution in [3.05, 3.63) is 180 Å². The zero-order valence-corrected chi connectivity index (χ0v) is 39.9. The summed E-state index contributed by atoms with van der Waals surface area (Å²) in [5, 5.41) is 6.51. The van der Waals surface area contributed by atoms with Gasteiger partial charge < -0.3 is 0 Å². The third-order valence-electron chi connectivity index (χ3n) is 10.6. The van der Waals surface area contributed by atoms with E-state index in [1.165, 1.54) is 33.6 Å². The number of fused-ring (bicyclic) bond motifs is 5. The van der Waals surface area contributed by atoms with Gasteiger partial charge in [-0.15, -0.1) is 74.6 Å². The standard InChI is InChI=1S/2C20H18F3.C12H7Si.2ClH.Zr/c2*1-19(2,3)14-11-13-7-6-9-15(17(13)12-14)16-8-4-5-10-18(16)20(21,22)23;1-3-7-11-9(5-1)10-6-2-4-8-12(10)13-11;;;/h2*4-12H,1-3H3;1-7H;2*1H;/q3*-1;;;+2/p-2. The van der Waals surface area contributed by atoms with Crippen LogP contribution in [0.5, 0.6) is 0 Å². The van der Waals surface area contributed by atoms with Gasteiger partial charge in [0.2, 0.25) is 0 Å². The van der Waals surface area contributed by atoms with Crippen LogP contribution in [0, 0.1) is 6.07 Å². The maximum Gasteiger partial charge on any atom is 0.0920 e. The van der Waals surface area contributed by atoms with Gasteiger partial charge in [0.1, 0.15) is 0 Å². The fraction of sp³-hybridized carbons (Fsp3) is 0.192. The number of rotatable bonds is 2. The quantitative estimate of drug-likeness (QED) is 0.0920. The average molecular weight is 972 g/mol. The molecule has 0 fully saturated rings. The Labute approximate surface area is 381 Å². The van der Waals surface area contributed by atoms with E-state index in [9.17, 15) is 26.3 Å². The van der Waals surface area contributed by atoms with Crippen LogP contribution in [0.15, 0.2) is 152 Å². The van der Waals surface area contributed by atoms with Crippen molar-refractivity contribution >= 4 is 58.5 Å². The van der Waals surface area contributed by atoms with Crippen molar-refractivity contribution in [2.45, 2.75) is 64.7 Å². The largest absolute Gasteiger partial charge is 0.184 e. The van der Waals surface area contributed by atoms with Gasteiger partial charge in [0.25, 0.3) is 0 Å². The number of hydrogen-bond donors (Lipinski definition) is 0. The molecule has 8 aromatic rings. The maximum atomic E-state index is 13.3. The zero-order chi connectivity index (χ0) is 45.0. The summed E-state index contributed by atoms with van der Waals surface area (Å²) in [4.78, 5) is 0. The van der Waals surface area contributed by atoms with Gasteiger partial charge in [-0.05, 0) is 34.1 Å². The molecule has 0 saturated carbocycles. The normalized spacial score (nSPS) is 12.3. The molecule has 1 heterocycles. The molecule has 9 rings (SSSR count). The molecule has 0 bridgehead atoms. The number of halogens is 8. The molecule has 0 amide bonds. The minimum atomic E-state index is -4.36. The third kappa shape index (κ3) is 10.9. The van der Waals surface area contributed by atoms with Crippen LogP contribution in [-0.4, -0.2) is 9.52 Å². The number of hydrogen-bond acceptors (Lipinski definition) is 0. The minimum absolute atomic E-state index is 0.0418. The van der Waals surface area contributed by atoms with Crippen LogP contribution in [-0.2, 0) is 44.0 Å². The summed E-state index contributed by atoms with van der Waals surface area (Å²) < 4.78 is 80.0. The second kappa shape index (κ2) is 19.3. The molecule has 0 aliphatic carbocycles. The zero-order valence-electron chi connectivity index (χ0n) is 35.0. The molecule has 0 aromatic heterocycles. The van der Waals surface area contributed by atoms with Gasteiger partial charge in [-0.2, -0.15) is 67.9 Å². The van der Waals surface area contributed by atoms with E-state index < -0.39 is 44.3 Å². The first kappa shape index (κ1) is 47.3. The van der Waals surface area contributed by atoms with Crippen molar-refractivity contribution in [2.75, 3.05) is 0 Å². The van der Waals surface area contributed by atoms with Crippen molar-refractivity contribution in [3.8, 4) is 33.4 Å². The smallest absolute Gasteiger partial charge is 0.0920 e. The predicted molar refractivity (Wildman–Crippen MR) is 245 cm³/mol. The fourth-order valence-corrected chi connectivity index (χ4v) is 8.77. The van der Waals surface area contributed by atoms with E-state index in [1.54, 1.807) is 36.4 Å². The second-order valence-electron chi connectivity index (χ2n) is 16.9. The Balaban J connectivity index is 0.000000155. The molecule has 0 nitrogen and oxygen atoms in total. The Morgan fingerprint density at radius 3 is 1.31 bits per heavy atom. The molecule has 8 aromatic carbocycles. The molecule has 318 valence electrons. The molecule has 1 aliphatic rings. The molecular formula is C52H43Cl2F6SiZr-3. The van der Waals surface area contributed by atoms with Gasteiger partial charge in [-0.1, -0.05) is 136 Å². The van der Waals surface area contributed by atoms with E-state index in [1.807, 2.05) is 42.5 Å². The Bertz CT molecular complexity index is 2590. The van der Waals surface area contributed by atoms with E-state index >= 15 is 0 Å². The Morgan fingerprint density at radius 2 is 0.871 bits per heavy atom. The Morgan fingerprint density at radius 1 is 0.484 bits per heavy atom. The molecule has 2 radical (unpaired) electrons. The fourth-order valence-electron chi connectivity index (χ4n) is 7.46. The average Bonchev–Trinajstić information content (AvgIpc) is 3.97. The van der Waals surface area contributed by atoms with Gasteiger partial charge >= 0.3 is 50.2 Å². The molecule has 0 atom stereocenters. The summed E-state index contributed by atoms with van der Waals surface area (Å²) in [6, 6.07) is 48.9. The number of alkyl halides is 6. The van der Waals surface area contributed by atoms with Crippen molar-refractivity contribution in [1.29, 1.82) is 0 Å². The van der Waals surface area contributed by atoms with Gasteiger partial charge in [0.05, 0.1) is 20.6 Å². The first-order valence-electron chi connectivity index (χ1n) is 19.8. The second-order valence-corrected chi connectivity index (χ2v) is 21.9. The summed E-state index contributed by atoms with van der Waals surface area (Å²) in [5.41, 5.74) is 5.49. The van der Waals surface area contributed by atoms with Crippen LogP contribution in [0.2, 0.25) is 0 Å². The topological polar surface area (TPSA) is 0 Å². The monoisotopic (exact) mass is 969 g/mol. The molecule has 1 aliphatic heterocycles. The Kier molecular flexibility index (Phi) is 14.7. The van der Waals surface area contributed by atoms with E-state index in [4.69, 9.17) is 17.0 Å². The number of benzene rings is 6. The molecule has 0 N–H and O–H groups in total. The molecule has 0 unspecified atom stereocenters. The van der Waals surface area contributed by atoms with Gasteiger partial charge in [0.15, 0.2) is 0 Å².